The Morgan fingerprint density at radius 1 is 1.19 bits per heavy atom. The number of sulfonamides is 1. The SMILES string of the molecule is CCC(Oc1cccc(C)c1)C(=O)Nc1cc(S(=O)(=O)N2CCOCC2)ccc1OC. The van der Waals surface area contributed by atoms with Gasteiger partial charge in [0.05, 0.1) is 30.9 Å². The summed E-state index contributed by atoms with van der Waals surface area (Å²) in [5, 5.41) is 2.77. The highest BCUT2D eigenvalue weighted by Crippen LogP contribution is 2.30. The van der Waals surface area contributed by atoms with E-state index in [9.17, 15) is 13.2 Å². The first-order valence-electron chi connectivity index (χ1n) is 10.1. The van der Waals surface area contributed by atoms with Crippen LogP contribution in [0.1, 0.15) is 18.9 Å². The van der Waals surface area contributed by atoms with Crippen LogP contribution in [0.4, 0.5) is 5.69 Å². The topological polar surface area (TPSA) is 94.2 Å². The Kier molecular flexibility index (Phi) is 7.53. The minimum Gasteiger partial charge on any atom is -0.495 e. The first-order valence-corrected chi connectivity index (χ1v) is 11.6. The average molecular weight is 449 g/mol. The number of methoxy groups -OCH3 is 1. The van der Waals surface area contributed by atoms with Crippen LogP contribution in [0.2, 0.25) is 0 Å². The molecule has 1 heterocycles. The molecule has 2 aromatic carbocycles. The van der Waals surface area contributed by atoms with Gasteiger partial charge in [-0.3, -0.25) is 4.79 Å². The number of rotatable bonds is 8. The van der Waals surface area contributed by atoms with Crippen LogP contribution in [0.3, 0.4) is 0 Å². The van der Waals surface area contributed by atoms with Gasteiger partial charge in [-0.15, -0.1) is 0 Å². The fraction of sp³-hybridized carbons (Fsp3) is 0.409. The van der Waals surface area contributed by atoms with E-state index in [0.717, 1.165) is 5.56 Å². The number of nitrogens with zero attached hydrogens (tertiary/aromatic N) is 1. The normalized spacial score (nSPS) is 15.8. The van der Waals surface area contributed by atoms with Crippen molar-refractivity contribution >= 4 is 21.6 Å². The number of carbonyl (C=O) groups is 1. The fourth-order valence-electron chi connectivity index (χ4n) is 3.27. The van der Waals surface area contributed by atoms with Crippen molar-refractivity contribution in [3.05, 3.63) is 48.0 Å². The van der Waals surface area contributed by atoms with E-state index in [4.69, 9.17) is 14.2 Å². The lowest BCUT2D eigenvalue weighted by molar-refractivity contribution is -0.122. The van der Waals surface area contributed by atoms with Crippen LogP contribution in [0.25, 0.3) is 0 Å². The summed E-state index contributed by atoms with van der Waals surface area (Å²) >= 11 is 0. The molecule has 1 saturated heterocycles. The van der Waals surface area contributed by atoms with Gasteiger partial charge in [0.2, 0.25) is 10.0 Å². The highest BCUT2D eigenvalue weighted by Gasteiger charge is 2.28. The van der Waals surface area contributed by atoms with Gasteiger partial charge in [0, 0.05) is 13.1 Å². The van der Waals surface area contributed by atoms with Crippen molar-refractivity contribution < 1.29 is 27.4 Å². The first-order chi connectivity index (χ1) is 14.8. The summed E-state index contributed by atoms with van der Waals surface area (Å²) in [6, 6.07) is 11.9. The van der Waals surface area contributed by atoms with Crippen LogP contribution in [0, 0.1) is 6.92 Å². The molecular formula is C22H28N2O6S. The van der Waals surface area contributed by atoms with Gasteiger partial charge in [-0.25, -0.2) is 8.42 Å². The monoisotopic (exact) mass is 448 g/mol. The molecule has 0 saturated carbocycles. The summed E-state index contributed by atoms with van der Waals surface area (Å²) in [5.41, 5.74) is 1.29. The molecule has 0 aromatic heterocycles. The molecule has 31 heavy (non-hydrogen) atoms. The van der Waals surface area contributed by atoms with Crippen molar-refractivity contribution in [2.75, 3.05) is 38.7 Å². The lowest BCUT2D eigenvalue weighted by Gasteiger charge is -2.26. The maximum atomic E-state index is 13.0. The number of morpholine rings is 1. The highest BCUT2D eigenvalue weighted by molar-refractivity contribution is 7.89. The third-order valence-corrected chi connectivity index (χ3v) is 6.86. The van der Waals surface area contributed by atoms with Crippen LogP contribution < -0.4 is 14.8 Å². The van der Waals surface area contributed by atoms with Gasteiger partial charge in [-0.1, -0.05) is 19.1 Å². The van der Waals surface area contributed by atoms with E-state index in [1.54, 1.807) is 6.07 Å². The molecule has 1 fully saturated rings. The smallest absolute Gasteiger partial charge is 0.265 e. The van der Waals surface area contributed by atoms with E-state index in [-0.39, 0.29) is 29.6 Å². The Balaban J connectivity index is 1.82. The Morgan fingerprint density at radius 2 is 1.94 bits per heavy atom. The molecule has 1 aliphatic heterocycles. The molecule has 1 aliphatic rings. The number of hydrogen-bond donors (Lipinski definition) is 1. The Labute approximate surface area is 183 Å². The molecule has 0 bridgehead atoms. The van der Waals surface area contributed by atoms with Crippen molar-refractivity contribution in [2.24, 2.45) is 0 Å². The number of nitrogens with one attached hydrogen (secondary N) is 1. The summed E-state index contributed by atoms with van der Waals surface area (Å²) in [5.74, 6) is 0.570. The van der Waals surface area contributed by atoms with E-state index in [2.05, 4.69) is 5.32 Å². The zero-order valence-corrected chi connectivity index (χ0v) is 18.8. The number of benzene rings is 2. The number of hydrogen-bond acceptors (Lipinski definition) is 6. The molecule has 1 amide bonds. The van der Waals surface area contributed by atoms with Crippen molar-refractivity contribution in [1.82, 2.24) is 4.31 Å². The zero-order valence-electron chi connectivity index (χ0n) is 18.0. The summed E-state index contributed by atoms with van der Waals surface area (Å²) < 4.78 is 43.8. The average Bonchev–Trinajstić information content (AvgIpc) is 2.78. The Bertz CT molecular complexity index is 1020. The highest BCUT2D eigenvalue weighted by atomic mass is 32.2. The van der Waals surface area contributed by atoms with E-state index in [1.165, 1.54) is 29.6 Å². The molecule has 1 atom stereocenters. The first kappa shape index (κ1) is 23.1. The summed E-state index contributed by atoms with van der Waals surface area (Å²) in [4.78, 5) is 13.0. The van der Waals surface area contributed by atoms with Crippen molar-refractivity contribution in [3.63, 3.8) is 0 Å². The third kappa shape index (κ3) is 5.55. The van der Waals surface area contributed by atoms with Crippen LogP contribution in [0.5, 0.6) is 11.5 Å². The molecule has 1 N–H and O–H groups in total. The summed E-state index contributed by atoms with van der Waals surface area (Å²) in [6.07, 6.45) is -0.306. The van der Waals surface area contributed by atoms with Crippen molar-refractivity contribution in [2.45, 2.75) is 31.3 Å². The molecule has 0 radical (unpaired) electrons. The van der Waals surface area contributed by atoms with E-state index in [0.29, 0.717) is 31.1 Å². The molecule has 9 heteroatoms. The van der Waals surface area contributed by atoms with Gasteiger partial charge in [-0.2, -0.15) is 4.31 Å². The summed E-state index contributed by atoms with van der Waals surface area (Å²) in [6.45, 7) is 5.08. The minimum atomic E-state index is -3.71. The van der Waals surface area contributed by atoms with Gasteiger partial charge in [-0.05, 0) is 49.2 Å². The predicted octanol–water partition coefficient (Wildman–Crippen LogP) is 2.82. The second-order valence-electron chi connectivity index (χ2n) is 7.20. The van der Waals surface area contributed by atoms with Gasteiger partial charge >= 0.3 is 0 Å². The fourth-order valence-corrected chi connectivity index (χ4v) is 4.70. The number of amides is 1. The van der Waals surface area contributed by atoms with Gasteiger partial charge in [0.15, 0.2) is 6.10 Å². The van der Waals surface area contributed by atoms with E-state index in [1.807, 2.05) is 32.0 Å². The lowest BCUT2D eigenvalue weighted by Crippen LogP contribution is -2.40. The van der Waals surface area contributed by atoms with Crippen LogP contribution in [0.15, 0.2) is 47.4 Å². The Hall–Kier alpha value is -2.62. The number of ether oxygens (including phenoxy) is 3. The predicted molar refractivity (Wildman–Crippen MR) is 117 cm³/mol. The van der Waals surface area contributed by atoms with E-state index < -0.39 is 16.1 Å². The molecule has 2 aromatic rings. The number of carbonyl (C=O) groups excluding carboxylic acids is 1. The summed E-state index contributed by atoms with van der Waals surface area (Å²) in [7, 11) is -2.25. The largest absolute Gasteiger partial charge is 0.495 e. The molecule has 0 aliphatic carbocycles. The van der Waals surface area contributed by atoms with Gasteiger partial charge in [0.25, 0.3) is 5.91 Å². The van der Waals surface area contributed by atoms with Crippen LogP contribution >= 0.6 is 0 Å². The number of aryl methyl sites for hydroxylation is 1. The van der Waals surface area contributed by atoms with E-state index >= 15 is 0 Å². The molecule has 8 nitrogen and oxygen atoms in total. The van der Waals surface area contributed by atoms with Crippen LogP contribution in [-0.4, -0.2) is 58.1 Å². The zero-order chi connectivity index (χ0) is 22.4. The van der Waals surface area contributed by atoms with Crippen molar-refractivity contribution in [1.29, 1.82) is 0 Å². The molecule has 3 rings (SSSR count). The molecular weight excluding hydrogens is 420 g/mol. The second-order valence-corrected chi connectivity index (χ2v) is 9.14. The second kappa shape index (κ2) is 10.1. The molecule has 1 unspecified atom stereocenters. The number of anilines is 1. The quantitative estimate of drug-likeness (QED) is 0.667. The standard InChI is InChI=1S/C22H28N2O6S/c1-4-20(30-17-7-5-6-16(2)14-17)22(25)23-19-15-18(8-9-21(19)28-3)31(26,27)24-10-12-29-13-11-24/h5-9,14-15,20H,4,10-13H2,1-3H3,(H,23,25). The Morgan fingerprint density at radius 3 is 2.58 bits per heavy atom. The maximum Gasteiger partial charge on any atom is 0.265 e. The van der Waals surface area contributed by atoms with Gasteiger partial charge in [0.1, 0.15) is 11.5 Å². The minimum absolute atomic E-state index is 0.0816. The lowest BCUT2D eigenvalue weighted by atomic mass is 10.2. The van der Waals surface area contributed by atoms with Gasteiger partial charge < -0.3 is 19.5 Å². The van der Waals surface area contributed by atoms with Crippen LogP contribution in [-0.2, 0) is 19.6 Å². The van der Waals surface area contributed by atoms with Crippen molar-refractivity contribution in [3.8, 4) is 11.5 Å². The third-order valence-electron chi connectivity index (χ3n) is 4.97. The molecule has 0 spiro atoms. The molecule has 168 valence electrons. The maximum absolute atomic E-state index is 13.0.